The number of carbonyl (C=O) groups excluding carboxylic acids is 1. The summed E-state index contributed by atoms with van der Waals surface area (Å²) in [6.45, 7) is 3.65. The zero-order chi connectivity index (χ0) is 14.3. The van der Waals surface area contributed by atoms with Crippen molar-refractivity contribution < 1.29 is 19.4 Å². The normalized spacial score (nSPS) is 10.5. The van der Waals surface area contributed by atoms with Gasteiger partial charge in [-0.05, 0) is 19.1 Å². The first kappa shape index (κ1) is 15.5. The molecule has 0 radical (unpaired) electrons. The largest absolute Gasteiger partial charge is 0.508 e. The molecule has 0 spiro atoms. The average Bonchev–Trinajstić information content (AvgIpc) is 2.41. The van der Waals surface area contributed by atoms with E-state index >= 15 is 0 Å². The van der Waals surface area contributed by atoms with Crippen LogP contribution in [0.2, 0.25) is 0 Å². The zero-order valence-electron chi connectivity index (χ0n) is 11.7. The van der Waals surface area contributed by atoms with Gasteiger partial charge in [0.2, 0.25) is 0 Å². The van der Waals surface area contributed by atoms with Crippen LogP contribution in [0.25, 0.3) is 0 Å². The van der Waals surface area contributed by atoms with Crippen LogP contribution in [0.5, 0.6) is 5.75 Å². The van der Waals surface area contributed by atoms with E-state index < -0.39 is 0 Å². The minimum absolute atomic E-state index is 0.123. The van der Waals surface area contributed by atoms with Crippen LogP contribution in [0.1, 0.15) is 15.9 Å². The molecule has 0 bridgehead atoms. The number of aromatic hydroxyl groups is 1. The molecular formula is C14H21NO4. The number of amides is 1. The van der Waals surface area contributed by atoms with Gasteiger partial charge in [0, 0.05) is 38.4 Å². The van der Waals surface area contributed by atoms with Crippen molar-refractivity contribution in [2.24, 2.45) is 0 Å². The molecule has 106 valence electrons. The lowest BCUT2D eigenvalue weighted by atomic mass is 10.1. The van der Waals surface area contributed by atoms with E-state index in [1.54, 1.807) is 44.2 Å². The third-order valence-electron chi connectivity index (χ3n) is 2.95. The molecule has 1 amide bonds. The number of hydrogen-bond donors (Lipinski definition) is 1. The fourth-order valence-corrected chi connectivity index (χ4v) is 1.74. The van der Waals surface area contributed by atoms with Crippen molar-refractivity contribution in [1.29, 1.82) is 0 Å². The Morgan fingerprint density at radius 2 is 1.79 bits per heavy atom. The molecule has 0 aliphatic heterocycles. The highest BCUT2D eigenvalue weighted by Crippen LogP contribution is 2.20. The van der Waals surface area contributed by atoms with Crippen LogP contribution in [0.15, 0.2) is 18.2 Å². The molecule has 0 aliphatic carbocycles. The molecular weight excluding hydrogens is 246 g/mol. The van der Waals surface area contributed by atoms with Gasteiger partial charge in [-0.25, -0.2) is 0 Å². The second-order valence-electron chi connectivity index (χ2n) is 4.23. The minimum atomic E-state index is -0.123. The molecule has 0 fully saturated rings. The van der Waals surface area contributed by atoms with Crippen LogP contribution in [-0.2, 0) is 9.47 Å². The van der Waals surface area contributed by atoms with E-state index in [0.29, 0.717) is 37.4 Å². The van der Waals surface area contributed by atoms with Gasteiger partial charge in [-0.3, -0.25) is 4.79 Å². The van der Waals surface area contributed by atoms with Crippen molar-refractivity contribution in [3.8, 4) is 5.75 Å². The summed E-state index contributed by atoms with van der Waals surface area (Å²) in [6.07, 6.45) is 0. The summed E-state index contributed by atoms with van der Waals surface area (Å²) in [5.41, 5.74) is 1.10. The molecule has 5 heteroatoms. The lowest BCUT2D eigenvalue weighted by Gasteiger charge is -2.23. The average molecular weight is 267 g/mol. The summed E-state index contributed by atoms with van der Waals surface area (Å²) in [4.78, 5) is 14.1. The smallest absolute Gasteiger partial charge is 0.254 e. The summed E-state index contributed by atoms with van der Waals surface area (Å²) < 4.78 is 10.0. The van der Waals surface area contributed by atoms with Gasteiger partial charge >= 0.3 is 0 Å². The Hall–Kier alpha value is -1.59. The monoisotopic (exact) mass is 267 g/mol. The third-order valence-corrected chi connectivity index (χ3v) is 2.95. The number of hydrogen-bond acceptors (Lipinski definition) is 4. The third kappa shape index (κ3) is 4.22. The number of carbonyl (C=O) groups is 1. The van der Waals surface area contributed by atoms with Gasteiger partial charge in [0.1, 0.15) is 5.75 Å². The lowest BCUT2D eigenvalue weighted by Crippen LogP contribution is -2.36. The first-order valence-corrected chi connectivity index (χ1v) is 6.17. The van der Waals surface area contributed by atoms with Crippen molar-refractivity contribution in [1.82, 2.24) is 4.90 Å². The summed E-state index contributed by atoms with van der Waals surface area (Å²) in [5, 5.41) is 9.66. The molecule has 0 unspecified atom stereocenters. The predicted molar refractivity (Wildman–Crippen MR) is 72.5 cm³/mol. The quantitative estimate of drug-likeness (QED) is 0.812. The maximum absolute atomic E-state index is 12.4. The van der Waals surface area contributed by atoms with Crippen LogP contribution < -0.4 is 0 Å². The summed E-state index contributed by atoms with van der Waals surface area (Å²) >= 11 is 0. The fraction of sp³-hybridized carbons (Fsp3) is 0.500. The van der Waals surface area contributed by atoms with E-state index in [2.05, 4.69) is 0 Å². The van der Waals surface area contributed by atoms with Crippen LogP contribution in [0.3, 0.4) is 0 Å². The summed E-state index contributed by atoms with van der Waals surface area (Å²) in [6, 6.07) is 4.95. The molecule has 1 N–H and O–H groups in total. The van der Waals surface area contributed by atoms with E-state index in [-0.39, 0.29) is 11.7 Å². The Morgan fingerprint density at radius 1 is 1.21 bits per heavy atom. The van der Waals surface area contributed by atoms with Gasteiger partial charge < -0.3 is 19.5 Å². The Morgan fingerprint density at radius 3 is 2.32 bits per heavy atom. The second-order valence-corrected chi connectivity index (χ2v) is 4.23. The molecule has 0 saturated heterocycles. The highest BCUT2D eigenvalue weighted by Gasteiger charge is 2.18. The highest BCUT2D eigenvalue weighted by molar-refractivity contribution is 5.96. The van der Waals surface area contributed by atoms with E-state index in [4.69, 9.17) is 9.47 Å². The molecule has 0 aromatic heterocycles. The van der Waals surface area contributed by atoms with Crippen LogP contribution >= 0.6 is 0 Å². The molecule has 0 saturated carbocycles. The number of ether oxygens (including phenoxy) is 2. The van der Waals surface area contributed by atoms with Crippen molar-refractivity contribution >= 4 is 5.91 Å². The maximum atomic E-state index is 12.4. The number of methoxy groups -OCH3 is 2. The Labute approximate surface area is 113 Å². The van der Waals surface area contributed by atoms with E-state index in [1.165, 1.54) is 0 Å². The second kappa shape index (κ2) is 7.76. The van der Waals surface area contributed by atoms with E-state index in [0.717, 1.165) is 0 Å². The number of benzene rings is 1. The van der Waals surface area contributed by atoms with Crippen LogP contribution in [0.4, 0.5) is 0 Å². The highest BCUT2D eigenvalue weighted by atomic mass is 16.5. The number of nitrogens with zero attached hydrogens (tertiary/aromatic N) is 1. The maximum Gasteiger partial charge on any atom is 0.254 e. The fourth-order valence-electron chi connectivity index (χ4n) is 1.74. The zero-order valence-corrected chi connectivity index (χ0v) is 11.7. The topological polar surface area (TPSA) is 59.0 Å². The molecule has 0 aliphatic rings. The van der Waals surface area contributed by atoms with Crippen molar-refractivity contribution in [3.63, 3.8) is 0 Å². The van der Waals surface area contributed by atoms with Gasteiger partial charge in [0.25, 0.3) is 5.91 Å². The molecule has 1 aromatic carbocycles. The minimum Gasteiger partial charge on any atom is -0.508 e. The standard InChI is InChI=1S/C14H21NO4/c1-11-12(5-4-6-13(11)16)14(17)15(7-9-18-2)8-10-19-3/h4-6,16H,7-10H2,1-3H3. The van der Waals surface area contributed by atoms with Crippen molar-refractivity contribution in [2.75, 3.05) is 40.5 Å². The first-order valence-electron chi connectivity index (χ1n) is 6.17. The Bertz CT molecular complexity index is 412. The molecule has 19 heavy (non-hydrogen) atoms. The van der Waals surface area contributed by atoms with Gasteiger partial charge in [0.05, 0.1) is 13.2 Å². The van der Waals surface area contributed by atoms with Crippen molar-refractivity contribution in [2.45, 2.75) is 6.92 Å². The molecule has 1 aromatic rings. The molecule has 1 rings (SSSR count). The van der Waals surface area contributed by atoms with E-state index in [1.807, 2.05) is 0 Å². The van der Waals surface area contributed by atoms with Crippen LogP contribution in [-0.4, -0.2) is 56.4 Å². The SMILES string of the molecule is COCCN(CCOC)C(=O)c1cccc(O)c1C. The number of rotatable bonds is 7. The van der Waals surface area contributed by atoms with Crippen molar-refractivity contribution in [3.05, 3.63) is 29.3 Å². The summed E-state index contributed by atoms with van der Waals surface area (Å²) in [7, 11) is 3.19. The number of phenols is 1. The summed E-state index contributed by atoms with van der Waals surface area (Å²) in [5.74, 6) is 0.00628. The lowest BCUT2D eigenvalue weighted by molar-refractivity contribution is 0.0626. The molecule has 5 nitrogen and oxygen atoms in total. The predicted octanol–water partition coefficient (Wildman–Crippen LogP) is 1.44. The van der Waals surface area contributed by atoms with Gasteiger partial charge in [0.15, 0.2) is 0 Å². The van der Waals surface area contributed by atoms with E-state index in [9.17, 15) is 9.90 Å². The molecule has 0 heterocycles. The number of phenolic OH excluding ortho intramolecular Hbond substituents is 1. The van der Waals surface area contributed by atoms with Gasteiger partial charge in [-0.2, -0.15) is 0 Å². The molecule has 0 atom stereocenters. The van der Waals surface area contributed by atoms with Gasteiger partial charge in [-0.15, -0.1) is 0 Å². The van der Waals surface area contributed by atoms with Crippen LogP contribution in [0, 0.1) is 6.92 Å². The Balaban J connectivity index is 2.87. The first-order chi connectivity index (χ1) is 9.11. The Kier molecular flexibility index (Phi) is 6.32. The van der Waals surface area contributed by atoms with Gasteiger partial charge in [-0.1, -0.05) is 6.07 Å².